The van der Waals surface area contributed by atoms with Crippen LogP contribution in [-0.4, -0.2) is 83.4 Å². The minimum atomic E-state index is -0.370. The summed E-state index contributed by atoms with van der Waals surface area (Å²) in [6, 6.07) is 6.40. The lowest BCUT2D eigenvalue weighted by molar-refractivity contribution is -0.384. The van der Waals surface area contributed by atoms with E-state index in [0.29, 0.717) is 13.1 Å². The second kappa shape index (κ2) is 7.75. The lowest BCUT2D eigenvalue weighted by Gasteiger charge is -2.36. The molecule has 3 amide bonds. The van der Waals surface area contributed by atoms with Gasteiger partial charge >= 0.3 is 6.03 Å². The second-order valence-corrected chi connectivity index (χ2v) is 7.58. The molecule has 3 aliphatic rings. The van der Waals surface area contributed by atoms with Crippen LogP contribution < -0.4 is 4.90 Å². The van der Waals surface area contributed by atoms with E-state index in [9.17, 15) is 19.7 Å². The van der Waals surface area contributed by atoms with Gasteiger partial charge in [-0.3, -0.25) is 24.7 Å². The fourth-order valence-electron chi connectivity index (χ4n) is 4.37. The summed E-state index contributed by atoms with van der Waals surface area (Å²) in [4.78, 5) is 42.9. The third-order valence-corrected chi connectivity index (χ3v) is 5.91. The van der Waals surface area contributed by atoms with Gasteiger partial charge in [0.15, 0.2) is 0 Å². The number of benzene rings is 1. The zero-order valence-electron chi connectivity index (χ0n) is 15.8. The molecule has 9 nitrogen and oxygen atoms in total. The number of nitro benzene ring substituents is 1. The first-order chi connectivity index (χ1) is 13.5. The van der Waals surface area contributed by atoms with Crippen LogP contribution in [-0.2, 0) is 4.79 Å². The highest BCUT2D eigenvalue weighted by Crippen LogP contribution is 2.27. The van der Waals surface area contributed by atoms with Crippen molar-refractivity contribution in [3.8, 4) is 0 Å². The van der Waals surface area contributed by atoms with Crippen LogP contribution in [0.15, 0.2) is 24.3 Å². The van der Waals surface area contributed by atoms with Crippen LogP contribution in [0.4, 0.5) is 16.2 Å². The molecular formula is C19H25N5O4. The van der Waals surface area contributed by atoms with Crippen molar-refractivity contribution in [3.63, 3.8) is 0 Å². The van der Waals surface area contributed by atoms with Gasteiger partial charge in [-0.25, -0.2) is 4.79 Å². The van der Waals surface area contributed by atoms with Crippen molar-refractivity contribution >= 4 is 23.3 Å². The molecule has 1 atom stereocenters. The van der Waals surface area contributed by atoms with Crippen LogP contribution in [0.1, 0.15) is 19.3 Å². The van der Waals surface area contributed by atoms with E-state index < -0.39 is 0 Å². The molecule has 1 aromatic rings. The Labute approximate surface area is 163 Å². The maximum Gasteiger partial charge on any atom is 0.327 e. The van der Waals surface area contributed by atoms with Gasteiger partial charge in [0.2, 0.25) is 0 Å². The highest BCUT2D eigenvalue weighted by atomic mass is 16.6. The van der Waals surface area contributed by atoms with Gasteiger partial charge in [0.05, 0.1) is 4.92 Å². The largest absolute Gasteiger partial charge is 0.369 e. The number of piperazine rings is 1. The van der Waals surface area contributed by atoms with Crippen molar-refractivity contribution in [3.05, 3.63) is 34.4 Å². The summed E-state index contributed by atoms with van der Waals surface area (Å²) in [6.45, 7) is 5.35. The van der Waals surface area contributed by atoms with Gasteiger partial charge in [0.1, 0.15) is 6.04 Å². The maximum atomic E-state index is 12.4. The summed E-state index contributed by atoms with van der Waals surface area (Å²) in [5, 5.41) is 10.9. The van der Waals surface area contributed by atoms with Crippen molar-refractivity contribution in [2.75, 3.05) is 50.7 Å². The number of nitrogens with zero attached hydrogens (tertiary/aromatic N) is 5. The van der Waals surface area contributed by atoms with Gasteiger partial charge < -0.3 is 9.80 Å². The van der Waals surface area contributed by atoms with Crippen LogP contribution in [0.25, 0.3) is 0 Å². The minimum absolute atomic E-state index is 0.0296. The summed E-state index contributed by atoms with van der Waals surface area (Å²) in [6.07, 6.45) is 2.49. The molecular weight excluding hydrogens is 362 g/mol. The minimum Gasteiger partial charge on any atom is -0.369 e. The molecule has 3 fully saturated rings. The molecule has 0 saturated carbocycles. The fourth-order valence-corrected chi connectivity index (χ4v) is 4.37. The van der Waals surface area contributed by atoms with Crippen molar-refractivity contribution in [2.24, 2.45) is 0 Å². The molecule has 3 saturated heterocycles. The second-order valence-electron chi connectivity index (χ2n) is 7.58. The molecule has 0 aromatic heterocycles. The van der Waals surface area contributed by atoms with Gasteiger partial charge in [0, 0.05) is 57.1 Å². The lowest BCUT2D eigenvalue weighted by atomic mass is 10.2. The molecule has 28 heavy (non-hydrogen) atoms. The Hall–Kier alpha value is -2.68. The molecule has 1 aromatic carbocycles. The zero-order valence-corrected chi connectivity index (χ0v) is 15.8. The third-order valence-electron chi connectivity index (χ3n) is 5.91. The fraction of sp³-hybridized carbons (Fsp3) is 0.579. The number of amides is 3. The molecule has 0 spiro atoms. The summed E-state index contributed by atoms with van der Waals surface area (Å²) in [5.74, 6) is -0.0296. The Morgan fingerprint density at radius 3 is 2.57 bits per heavy atom. The first kappa shape index (κ1) is 18.7. The Morgan fingerprint density at radius 2 is 1.86 bits per heavy atom. The van der Waals surface area contributed by atoms with E-state index in [-0.39, 0.29) is 28.6 Å². The number of urea groups is 1. The number of hydrogen-bond acceptors (Lipinski definition) is 6. The van der Waals surface area contributed by atoms with Crippen LogP contribution in [0.5, 0.6) is 0 Å². The van der Waals surface area contributed by atoms with Crippen molar-refractivity contribution in [1.29, 1.82) is 0 Å². The summed E-state index contributed by atoms with van der Waals surface area (Å²) < 4.78 is 0. The molecule has 0 radical (unpaired) electrons. The first-order valence-corrected chi connectivity index (χ1v) is 9.88. The van der Waals surface area contributed by atoms with E-state index in [4.69, 9.17) is 0 Å². The Bertz CT molecular complexity index is 755. The number of rotatable bonds is 6. The highest BCUT2D eigenvalue weighted by molar-refractivity contribution is 6.04. The topological polar surface area (TPSA) is 90.2 Å². The van der Waals surface area contributed by atoms with Gasteiger partial charge in [-0.05, 0) is 31.9 Å². The van der Waals surface area contributed by atoms with E-state index >= 15 is 0 Å². The van der Waals surface area contributed by atoms with E-state index in [1.165, 1.54) is 11.0 Å². The number of non-ortho nitro benzene ring substituents is 1. The standard InChI is InChI=1S/C19H25N5O4/c25-18-17-6-2-8-22(17)19(26)23(18)9-3-7-20-10-12-21(13-11-20)15-4-1-5-16(14-15)24(27)28/h1,4-5,14,17H,2-3,6-13H2. The van der Waals surface area contributed by atoms with Crippen molar-refractivity contribution in [1.82, 2.24) is 14.7 Å². The lowest BCUT2D eigenvalue weighted by Crippen LogP contribution is -2.47. The van der Waals surface area contributed by atoms with E-state index in [1.54, 1.807) is 17.0 Å². The number of hydrogen-bond donors (Lipinski definition) is 0. The van der Waals surface area contributed by atoms with Crippen LogP contribution in [0.3, 0.4) is 0 Å². The van der Waals surface area contributed by atoms with E-state index in [2.05, 4.69) is 9.80 Å². The predicted octanol–water partition coefficient (Wildman–Crippen LogP) is 1.53. The zero-order chi connectivity index (χ0) is 19.7. The summed E-state index contributed by atoms with van der Waals surface area (Å²) in [5.41, 5.74) is 0.989. The molecule has 4 rings (SSSR count). The normalized spacial score (nSPS) is 22.9. The van der Waals surface area contributed by atoms with Gasteiger partial charge in [-0.15, -0.1) is 0 Å². The highest BCUT2D eigenvalue weighted by Gasteiger charge is 2.46. The van der Waals surface area contributed by atoms with E-state index in [1.807, 2.05) is 6.07 Å². The number of anilines is 1. The Morgan fingerprint density at radius 1 is 1.07 bits per heavy atom. The third kappa shape index (κ3) is 3.54. The number of fused-ring (bicyclic) bond motifs is 1. The maximum absolute atomic E-state index is 12.4. The van der Waals surface area contributed by atoms with Crippen molar-refractivity contribution in [2.45, 2.75) is 25.3 Å². The number of carbonyl (C=O) groups is 2. The van der Waals surface area contributed by atoms with Crippen LogP contribution in [0, 0.1) is 10.1 Å². The molecule has 3 heterocycles. The summed E-state index contributed by atoms with van der Waals surface area (Å²) >= 11 is 0. The summed E-state index contributed by atoms with van der Waals surface area (Å²) in [7, 11) is 0. The first-order valence-electron chi connectivity index (χ1n) is 9.88. The number of imide groups is 1. The Balaban J connectivity index is 1.23. The van der Waals surface area contributed by atoms with Crippen LogP contribution >= 0.6 is 0 Å². The number of nitro groups is 1. The van der Waals surface area contributed by atoms with E-state index in [0.717, 1.165) is 57.7 Å². The molecule has 0 bridgehead atoms. The van der Waals surface area contributed by atoms with Gasteiger partial charge in [0.25, 0.3) is 11.6 Å². The average molecular weight is 387 g/mol. The smallest absolute Gasteiger partial charge is 0.327 e. The quantitative estimate of drug-likeness (QED) is 0.418. The number of carbonyl (C=O) groups excluding carboxylic acids is 2. The van der Waals surface area contributed by atoms with Crippen molar-refractivity contribution < 1.29 is 14.5 Å². The molecule has 0 aliphatic carbocycles. The predicted molar refractivity (Wildman–Crippen MR) is 103 cm³/mol. The monoisotopic (exact) mass is 387 g/mol. The molecule has 1 unspecified atom stereocenters. The van der Waals surface area contributed by atoms with Gasteiger partial charge in [-0.2, -0.15) is 0 Å². The average Bonchev–Trinajstić information content (AvgIpc) is 3.28. The molecule has 9 heteroatoms. The molecule has 3 aliphatic heterocycles. The van der Waals surface area contributed by atoms with Crippen LogP contribution in [0.2, 0.25) is 0 Å². The molecule has 0 N–H and O–H groups in total. The van der Waals surface area contributed by atoms with Gasteiger partial charge in [-0.1, -0.05) is 6.07 Å². The SMILES string of the molecule is O=C1C2CCCN2C(=O)N1CCCN1CCN(c2cccc([N+](=O)[O-])c2)CC1. The molecule has 150 valence electrons. The Kier molecular flexibility index (Phi) is 5.17.